The zero-order valence-electron chi connectivity index (χ0n) is 6.75. The van der Waals surface area contributed by atoms with Crippen LogP contribution in [0, 0.1) is 0 Å². The molecule has 5 nitrogen and oxygen atoms in total. The minimum Gasteiger partial charge on any atom is -0.506 e. The van der Waals surface area contributed by atoms with Gasteiger partial charge >= 0.3 is 0 Å². The van der Waals surface area contributed by atoms with Crippen molar-refractivity contribution in [3.05, 3.63) is 31.0 Å². The summed E-state index contributed by atoms with van der Waals surface area (Å²) in [6, 6.07) is 1.53. The number of hydrogen-bond donors (Lipinski definition) is 2. The van der Waals surface area contributed by atoms with Crippen molar-refractivity contribution in [3.8, 4) is 11.4 Å². The number of rotatable bonds is 1. The van der Waals surface area contributed by atoms with E-state index in [-0.39, 0.29) is 5.75 Å². The Morgan fingerprint density at radius 3 is 3.00 bits per heavy atom. The first kappa shape index (κ1) is 7.60. The number of imidazole rings is 1. The highest BCUT2D eigenvalue weighted by molar-refractivity contribution is 5.54. The maximum absolute atomic E-state index is 9.18. The molecule has 0 aromatic carbocycles. The maximum Gasteiger partial charge on any atom is 0.148 e. The molecule has 2 aromatic rings. The van der Waals surface area contributed by atoms with Gasteiger partial charge in [0.25, 0.3) is 0 Å². The maximum atomic E-state index is 9.18. The minimum atomic E-state index is 0.0814. The Bertz CT molecular complexity index is 410. The first-order chi connectivity index (χ1) is 6.27. The van der Waals surface area contributed by atoms with E-state index < -0.39 is 0 Å². The van der Waals surface area contributed by atoms with Gasteiger partial charge in [0.15, 0.2) is 0 Å². The molecule has 0 atom stereocenters. The third-order valence-electron chi connectivity index (χ3n) is 1.67. The molecule has 0 unspecified atom stereocenters. The molecule has 66 valence electrons. The molecular weight excluding hydrogens is 168 g/mol. The summed E-state index contributed by atoms with van der Waals surface area (Å²) in [6.07, 6.45) is 6.25. The van der Waals surface area contributed by atoms with E-state index in [4.69, 9.17) is 5.73 Å². The van der Waals surface area contributed by atoms with Gasteiger partial charge in [-0.2, -0.15) is 0 Å². The quantitative estimate of drug-likeness (QED) is 0.665. The summed E-state index contributed by atoms with van der Waals surface area (Å²) in [7, 11) is 0. The molecule has 0 radical (unpaired) electrons. The number of nitrogens with two attached hydrogens (primary N) is 1. The lowest BCUT2D eigenvalue weighted by atomic mass is 10.3. The summed E-state index contributed by atoms with van der Waals surface area (Å²) in [5.41, 5.74) is 6.23. The largest absolute Gasteiger partial charge is 0.506 e. The van der Waals surface area contributed by atoms with Crippen LogP contribution in [0.5, 0.6) is 5.75 Å². The molecule has 5 heteroatoms. The first-order valence-electron chi connectivity index (χ1n) is 3.70. The van der Waals surface area contributed by atoms with Crippen molar-refractivity contribution in [2.45, 2.75) is 0 Å². The van der Waals surface area contributed by atoms with Crippen LogP contribution in [-0.4, -0.2) is 19.6 Å². The molecule has 2 aromatic heterocycles. The van der Waals surface area contributed by atoms with E-state index in [0.717, 1.165) is 0 Å². The van der Waals surface area contributed by atoms with Gasteiger partial charge in [0.1, 0.15) is 11.6 Å². The normalized spacial score (nSPS) is 10.2. The highest BCUT2D eigenvalue weighted by Crippen LogP contribution is 2.18. The van der Waals surface area contributed by atoms with E-state index in [0.29, 0.717) is 11.5 Å². The highest BCUT2D eigenvalue weighted by Gasteiger charge is 2.02. The van der Waals surface area contributed by atoms with Gasteiger partial charge in [0, 0.05) is 18.5 Å². The molecular formula is C8H8N4O. The van der Waals surface area contributed by atoms with Crippen molar-refractivity contribution in [3.63, 3.8) is 0 Å². The SMILES string of the molecule is Nc1ncc(O)cc1-n1ccnc1. The summed E-state index contributed by atoms with van der Waals surface area (Å²) in [5.74, 6) is 0.439. The van der Waals surface area contributed by atoms with Gasteiger partial charge in [-0.05, 0) is 0 Å². The van der Waals surface area contributed by atoms with E-state index >= 15 is 0 Å². The van der Waals surface area contributed by atoms with Gasteiger partial charge in [0.2, 0.25) is 0 Å². The van der Waals surface area contributed by atoms with Crippen LogP contribution < -0.4 is 5.73 Å². The number of nitrogens with zero attached hydrogens (tertiary/aromatic N) is 3. The molecule has 3 N–H and O–H groups in total. The predicted octanol–water partition coefficient (Wildman–Crippen LogP) is 0.555. The fourth-order valence-electron chi connectivity index (χ4n) is 1.06. The lowest BCUT2D eigenvalue weighted by molar-refractivity contribution is 0.472. The average Bonchev–Trinajstić information content (AvgIpc) is 2.61. The summed E-state index contributed by atoms with van der Waals surface area (Å²) in [6.45, 7) is 0. The number of anilines is 1. The van der Waals surface area contributed by atoms with Crippen molar-refractivity contribution in [1.29, 1.82) is 0 Å². The lowest BCUT2D eigenvalue weighted by Crippen LogP contribution is -1.99. The molecule has 2 heterocycles. The second-order valence-corrected chi connectivity index (χ2v) is 2.57. The van der Waals surface area contributed by atoms with Crippen LogP contribution in [0.15, 0.2) is 31.0 Å². The molecule has 0 saturated carbocycles. The van der Waals surface area contributed by atoms with Gasteiger partial charge in [-0.3, -0.25) is 0 Å². The molecule has 0 aliphatic rings. The summed E-state index contributed by atoms with van der Waals surface area (Å²) < 4.78 is 1.68. The summed E-state index contributed by atoms with van der Waals surface area (Å²) in [5, 5.41) is 9.18. The summed E-state index contributed by atoms with van der Waals surface area (Å²) >= 11 is 0. The Labute approximate surface area is 74.5 Å². The van der Waals surface area contributed by atoms with Gasteiger partial charge in [-0.25, -0.2) is 9.97 Å². The minimum absolute atomic E-state index is 0.0814. The smallest absolute Gasteiger partial charge is 0.148 e. The van der Waals surface area contributed by atoms with Gasteiger partial charge in [-0.15, -0.1) is 0 Å². The Hall–Kier alpha value is -2.04. The second-order valence-electron chi connectivity index (χ2n) is 2.57. The van der Waals surface area contributed by atoms with Gasteiger partial charge in [-0.1, -0.05) is 0 Å². The fraction of sp³-hybridized carbons (Fsp3) is 0. The van der Waals surface area contributed by atoms with Crippen molar-refractivity contribution >= 4 is 5.82 Å². The van der Waals surface area contributed by atoms with Crippen molar-refractivity contribution < 1.29 is 5.11 Å². The Kier molecular flexibility index (Phi) is 1.63. The molecule has 0 saturated heterocycles. The van der Waals surface area contributed by atoms with E-state index in [2.05, 4.69) is 9.97 Å². The van der Waals surface area contributed by atoms with Crippen molar-refractivity contribution in [2.24, 2.45) is 0 Å². The second kappa shape index (κ2) is 2.78. The van der Waals surface area contributed by atoms with E-state index in [1.54, 1.807) is 23.3 Å². The molecule has 0 aliphatic carbocycles. The standard InChI is InChI=1S/C8H8N4O/c9-8-7(3-6(13)4-11-8)12-2-1-10-5-12/h1-5,13H,(H2,9,11). The highest BCUT2D eigenvalue weighted by atomic mass is 16.3. The number of nitrogen functional groups attached to an aromatic ring is 1. The molecule has 13 heavy (non-hydrogen) atoms. The van der Waals surface area contributed by atoms with Crippen LogP contribution >= 0.6 is 0 Å². The van der Waals surface area contributed by atoms with Crippen molar-refractivity contribution in [2.75, 3.05) is 5.73 Å². The average molecular weight is 176 g/mol. The number of aromatic hydroxyl groups is 1. The fourth-order valence-corrected chi connectivity index (χ4v) is 1.06. The van der Waals surface area contributed by atoms with Crippen LogP contribution in [0.4, 0.5) is 5.82 Å². The van der Waals surface area contributed by atoms with Crippen LogP contribution in [-0.2, 0) is 0 Å². The zero-order valence-corrected chi connectivity index (χ0v) is 6.75. The Morgan fingerprint density at radius 1 is 1.46 bits per heavy atom. The van der Waals surface area contributed by atoms with Crippen LogP contribution in [0.2, 0.25) is 0 Å². The number of hydrogen-bond acceptors (Lipinski definition) is 4. The predicted molar refractivity (Wildman–Crippen MR) is 47.4 cm³/mol. The Balaban J connectivity index is 2.57. The topological polar surface area (TPSA) is 77.0 Å². The van der Waals surface area contributed by atoms with Crippen molar-refractivity contribution in [1.82, 2.24) is 14.5 Å². The number of pyridine rings is 1. The van der Waals surface area contributed by atoms with Gasteiger partial charge < -0.3 is 15.4 Å². The molecule has 2 rings (SSSR count). The van der Waals surface area contributed by atoms with E-state index in [9.17, 15) is 5.11 Å². The Morgan fingerprint density at radius 2 is 2.31 bits per heavy atom. The molecule has 0 bridgehead atoms. The molecule has 0 aliphatic heterocycles. The van der Waals surface area contributed by atoms with E-state index in [1.165, 1.54) is 12.3 Å². The third kappa shape index (κ3) is 1.31. The van der Waals surface area contributed by atoms with E-state index in [1.807, 2.05) is 0 Å². The lowest BCUT2D eigenvalue weighted by Gasteiger charge is -2.04. The van der Waals surface area contributed by atoms with Gasteiger partial charge in [0.05, 0.1) is 18.2 Å². The summed E-state index contributed by atoms with van der Waals surface area (Å²) in [4.78, 5) is 7.68. The van der Waals surface area contributed by atoms with Crippen LogP contribution in [0.3, 0.4) is 0 Å². The molecule has 0 fully saturated rings. The van der Waals surface area contributed by atoms with Crippen LogP contribution in [0.1, 0.15) is 0 Å². The third-order valence-corrected chi connectivity index (χ3v) is 1.67. The molecule has 0 spiro atoms. The number of aromatic nitrogens is 3. The molecule has 0 amide bonds. The zero-order chi connectivity index (χ0) is 9.26. The monoisotopic (exact) mass is 176 g/mol. The first-order valence-corrected chi connectivity index (χ1v) is 3.70. The van der Waals surface area contributed by atoms with Crippen LogP contribution in [0.25, 0.3) is 5.69 Å².